The summed E-state index contributed by atoms with van der Waals surface area (Å²) in [6.07, 6.45) is 0. The second-order valence-corrected chi connectivity index (χ2v) is 2.55. The van der Waals surface area contributed by atoms with Gasteiger partial charge < -0.3 is 10.2 Å². The van der Waals surface area contributed by atoms with Crippen LogP contribution in [-0.2, 0) is 0 Å². The van der Waals surface area contributed by atoms with Crippen LogP contribution in [-0.4, -0.2) is 22.6 Å². The van der Waals surface area contributed by atoms with E-state index in [-0.39, 0.29) is 11.3 Å². The normalized spacial score (nSPS) is 9.83. The molecule has 0 fully saturated rings. The van der Waals surface area contributed by atoms with Gasteiger partial charge in [0, 0.05) is 0 Å². The van der Waals surface area contributed by atoms with Crippen LogP contribution in [0, 0.1) is 6.92 Å². The predicted octanol–water partition coefficient (Wildman–Crippen LogP) is 0.876. The Labute approximate surface area is 70.3 Å². The minimum Gasteiger partial charge on any atom is -0.507 e. The second kappa shape index (κ2) is 3.36. The molecule has 1 aromatic rings. The lowest BCUT2D eigenvalue weighted by Gasteiger charge is -2.03. The Morgan fingerprint density at radius 2 is 2.17 bits per heavy atom. The number of ketones is 1. The van der Waals surface area contributed by atoms with Crippen molar-refractivity contribution in [3.05, 3.63) is 29.3 Å². The zero-order chi connectivity index (χ0) is 9.14. The number of hydrogen-bond donors (Lipinski definition) is 2. The molecule has 3 heteroatoms. The van der Waals surface area contributed by atoms with Crippen molar-refractivity contribution in [3.63, 3.8) is 0 Å². The molecule has 64 valence electrons. The van der Waals surface area contributed by atoms with Crippen LogP contribution in [0.5, 0.6) is 5.75 Å². The highest BCUT2D eigenvalue weighted by Crippen LogP contribution is 2.21. The number of benzene rings is 1. The van der Waals surface area contributed by atoms with Crippen molar-refractivity contribution >= 4 is 5.78 Å². The number of aliphatic hydroxyl groups is 1. The topological polar surface area (TPSA) is 57.5 Å². The molecular formula is C9H10O3. The minimum atomic E-state index is -0.572. The highest BCUT2D eigenvalue weighted by molar-refractivity contribution is 5.99. The average molecular weight is 166 g/mol. The summed E-state index contributed by atoms with van der Waals surface area (Å²) < 4.78 is 0. The monoisotopic (exact) mass is 166 g/mol. The highest BCUT2D eigenvalue weighted by Gasteiger charge is 2.10. The number of rotatable bonds is 2. The Morgan fingerprint density at radius 3 is 2.75 bits per heavy atom. The number of aliphatic hydroxyl groups excluding tert-OH is 1. The number of hydrogen-bond acceptors (Lipinski definition) is 3. The fourth-order valence-electron chi connectivity index (χ4n) is 0.969. The van der Waals surface area contributed by atoms with E-state index in [1.54, 1.807) is 19.1 Å². The first-order chi connectivity index (χ1) is 5.66. The number of para-hydroxylation sites is 1. The van der Waals surface area contributed by atoms with E-state index in [1.165, 1.54) is 6.07 Å². The third-order valence-corrected chi connectivity index (χ3v) is 1.68. The second-order valence-electron chi connectivity index (χ2n) is 2.55. The van der Waals surface area contributed by atoms with Crippen molar-refractivity contribution in [2.75, 3.05) is 6.61 Å². The van der Waals surface area contributed by atoms with E-state index in [2.05, 4.69) is 0 Å². The first-order valence-corrected chi connectivity index (χ1v) is 3.59. The minimum absolute atomic E-state index is 0.0449. The molecule has 0 atom stereocenters. The van der Waals surface area contributed by atoms with E-state index in [0.717, 1.165) is 0 Å². The number of phenolic OH excluding ortho intramolecular Hbond substituents is 1. The Balaban J connectivity index is 3.16. The van der Waals surface area contributed by atoms with Gasteiger partial charge in [0.2, 0.25) is 0 Å². The van der Waals surface area contributed by atoms with Crippen LogP contribution >= 0.6 is 0 Å². The molecule has 0 heterocycles. The molecule has 0 aliphatic carbocycles. The zero-order valence-corrected chi connectivity index (χ0v) is 6.74. The summed E-state index contributed by atoms with van der Waals surface area (Å²) in [6, 6.07) is 4.85. The number of carbonyl (C=O) groups excluding carboxylic acids is 1. The molecule has 0 bridgehead atoms. The van der Waals surface area contributed by atoms with Crippen molar-refractivity contribution in [2.45, 2.75) is 6.92 Å². The van der Waals surface area contributed by atoms with Gasteiger partial charge in [-0.25, -0.2) is 0 Å². The third kappa shape index (κ3) is 1.46. The summed E-state index contributed by atoms with van der Waals surface area (Å²) in [4.78, 5) is 11.0. The van der Waals surface area contributed by atoms with E-state index < -0.39 is 12.4 Å². The van der Waals surface area contributed by atoms with Crippen LogP contribution in [0.3, 0.4) is 0 Å². The largest absolute Gasteiger partial charge is 0.507 e. The van der Waals surface area contributed by atoms with Crippen molar-refractivity contribution < 1.29 is 15.0 Å². The Morgan fingerprint density at radius 1 is 1.50 bits per heavy atom. The molecule has 0 spiro atoms. The zero-order valence-electron chi connectivity index (χ0n) is 6.74. The van der Waals surface area contributed by atoms with Gasteiger partial charge in [-0.05, 0) is 18.6 Å². The number of carbonyl (C=O) groups is 1. The molecular weight excluding hydrogens is 156 g/mol. The number of Topliss-reactive ketones (excluding diaryl/α,β-unsaturated/α-hetero) is 1. The lowest BCUT2D eigenvalue weighted by Crippen LogP contribution is -2.04. The summed E-state index contributed by atoms with van der Waals surface area (Å²) in [5.74, 6) is -0.507. The van der Waals surface area contributed by atoms with E-state index in [9.17, 15) is 9.90 Å². The third-order valence-electron chi connectivity index (χ3n) is 1.68. The quantitative estimate of drug-likeness (QED) is 0.641. The van der Waals surface area contributed by atoms with Gasteiger partial charge in [-0.2, -0.15) is 0 Å². The average Bonchev–Trinajstić information content (AvgIpc) is 2.08. The summed E-state index contributed by atoms with van der Waals surface area (Å²) in [5.41, 5.74) is 0.812. The van der Waals surface area contributed by atoms with Crippen molar-refractivity contribution in [1.29, 1.82) is 0 Å². The number of phenols is 1. The van der Waals surface area contributed by atoms with Crippen LogP contribution in [0.4, 0.5) is 0 Å². The lowest BCUT2D eigenvalue weighted by atomic mass is 10.1. The van der Waals surface area contributed by atoms with Crippen molar-refractivity contribution in [2.24, 2.45) is 0 Å². The van der Waals surface area contributed by atoms with Gasteiger partial charge in [0.15, 0.2) is 5.78 Å². The molecule has 12 heavy (non-hydrogen) atoms. The van der Waals surface area contributed by atoms with Gasteiger partial charge in [0.25, 0.3) is 0 Å². The van der Waals surface area contributed by atoms with Gasteiger partial charge in [-0.1, -0.05) is 12.1 Å². The van der Waals surface area contributed by atoms with Gasteiger partial charge in [-0.3, -0.25) is 4.79 Å². The smallest absolute Gasteiger partial charge is 0.191 e. The maximum absolute atomic E-state index is 11.0. The Kier molecular flexibility index (Phi) is 2.45. The van der Waals surface area contributed by atoms with Crippen LogP contribution in [0.25, 0.3) is 0 Å². The molecule has 0 saturated heterocycles. The fourth-order valence-corrected chi connectivity index (χ4v) is 0.969. The molecule has 2 N–H and O–H groups in total. The molecule has 0 saturated carbocycles. The van der Waals surface area contributed by atoms with Crippen LogP contribution < -0.4 is 0 Å². The molecule has 1 aromatic carbocycles. The molecule has 0 aromatic heterocycles. The van der Waals surface area contributed by atoms with Crippen molar-refractivity contribution in [1.82, 2.24) is 0 Å². The summed E-state index contributed by atoms with van der Waals surface area (Å²) in [6.45, 7) is 1.13. The van der Waals surface area contributed by atoms with E-state index >= 15 is 0 Å². The van der Waals surface area contributed by atoms with Gasteiger partial charge in [0.1, 0.15) is 12.4 Å². The van der Waals surface area contributed by atoms with Crippen LogP contribution in [0.2, 0.25) is 0 Å². The standard InChI is InChI=1S/C9H10O3/c1-6-3-2-4-7(9(6)12)8(11)5-10/h2-4,10,12H,5H2,1H3. The summed E-state index contributed by atoms with van der Waals surface area (Å²) >= 11 is 0. The van der Waals surface area contributed by atoms with E-state index in [0.29, 0.717) is 5.56 Å². The van der Waals surface area contributed by atoms with Crippen LogP contribution in [0.1, 0.15) is 15.9 Å². The maximum Gasteiger partial charge on any atom is 0.191 e. The SMILES string of the molecule is Cc1cccc(C(=O)CO)c1O. The van der Waals surface area contributed by atoms with Gasteiger partial charge >= 0.3 is 0 Å². The molecule has 1 rings (SSSR count). The Bertz CT molecular complexity index is 305. The van der Waals surface area contributed by atoms with E-state index in [1.807, 2.05) is 0 Å². The maximum atomic E-state index is 11.0. The van der Waals surface area contributed by atoms with E-state index in [4.69, 9.17) is 5.11 Å². The van der Waals surface area contributed by atoms with Crippen LogP contribution in [0.15, 0.2) is 18.2 Å². The molecule has 3 nitrogen and oxygen atoms in total. The number of aromatic hydroxyl groups is 1. The molecule has 0 aliphatic rings. The molecule has 0 radical (unpaired) electrons. The van der Waals surface area contributed by atoms with Gasteiger partial charge in [-0.15, -0.1) is 0 Å². The van der Waals surface area contributed by atoms with Crippen molar-refractivity contribution in [3.8, 4) is 5.75 Å². The summed E-state index contributed by atoms with van der Waals surface area (Å²) in [5, 5.41) is 17.9. The highest BCUT2D eigenvalue weighted by atomic mass is 16.3. The predicted molar refractivity (Wildman–Crippen MR) is 44.3 cm³/mol. The first-order valence-electron chi connectivity index (χ1n) is 3.59. The molecule has 0 unspecified atom stereocenters. The summed E-state index contributed by atoms with van der Waals surface area (Å²) in [7, 11) is 0. The lowest BCUT2D eigenvalue weighted by molar-refractivity contribution is 0.0901. The fraction of sp³-hybridized carbons (Fsp3) is 0.222. The first kappa shape index (κ1) is 8.74. The molecule has 0 amide bonds. The Hall–Kier alpha value is -1.35. The van der Waals surface area contributed by atoms with Gasteiger partial charge in [0.05, 0.1) is 5.56 Å². The molecule has 0 aliphatic heterocycles. The number of aryl methyl sites for hydroxylation is 1.